The van der Waals surface area contributed by atoms with Crippen molar-refractivity contribution in [3.8, 4) is 0 Å². The SMILES string of the molecule is COC(=O)C1CN(Cc2ccccc2)CC(F)(F)O1. The monoisotopic (exact) mass is 271 g/mol. The normalized spacial score (nSPS) is 23.0. The van der Waals surface area contributed by atoms with Crippen LogP contribution in [-0.2, 0) is 20.8 Å². The first-order valence-corrected chi connectivity index (χ1v) is 5.90. The molecule has 0 bridgehead atoms. The highest BCUT2D eigenvalue weighted by atomic mass is 19.3. The molecule has 0 spiro atoms. The minimum Gasteiger partial charge on any atom is -0.467 e. The molecular weight excluding hydrogens is 256 g/mol. The van der Waals surface area contributed by atoms with Gasteiger partial charge in [0.05, 0.1) is 13.7 Å². The quantitative estimate of drug-likeness (QED) is 0.784. The highest BCUT2D eigenvalue weighted by molar-refractivity contribution is 5.75. The highest BCUT2D eigenvalue weighted by Crippen LogP contribution is 2.26. The van der Waals surface area contributed by atoms with E-state index in [4.69, 9.17) is 0 Å². The largest absolute Gasteiger partial charge is 0.467 e. The third-order valence-electron chi connectivity index (χ3n) is 2.86. The maximum absolute atomic E-state index is 13.4. The number of carbonyl (C=O) groups excluding carboxylic acids is 1. The fraction of sp³-hybridized carbons (Fsp3) is 0.462. The zero-order valence-electron chi connectivity index (χ0n) is 10.5. The van der Waals surface area contributed by atoms with E-state index in [1.54, 1.807) is 0 Å². The molecule has 19 heavy (non-hydrogen) atoms. The lowest BCUT2D eigenvalue weighted by atomic mass is 10.2. The third-order valence-corrected chi connectivity index (χ3v) is 2.86. The number of morpholine rings is 1. The van der Waals surface area contributed by atoms with Crippen molar-refractivity contribution in [2.45, 2.75) is 18.8 Å². The second-order valence-electron chi connectivity index (χ2n) is 4.42. The van der Waals surface area contributed by atoms with E-state index in [1.165, 1.54) is 4.90 Å². The van der Waals surface area contributed by atoms with Crippen LogP contribution in [-0.4, -0.2) is 43.3 Å². The van der Waals surface area contributed by atoms with Gasteiger partial charge in [0.1, 0.15) is 0 Å². The van der Waals surface area contributed by atoms with Crippen LogP contribution in [0.3, 0.4) is 0 Å². The molecule has 104 valence electrons. The maximum Gasteiger partial charge on any atom is 0.369 e. The van der Waals surface area contributed by atoms with Crippen LogP contribution in [0.1, 0.15) is 5.56 Å². The Hall–Kier alpha value is -1.53. The summed E-state index contributed by atoms with van der Waals surface area (Å²) in [6.45, 7) is -0.0974. The van der Waals surface area contributed by atoms with E-state index < -0.39 is 24.7 Å². The molecule has 2 rings (SSSR count). The zero-order valence-corrected chi connectivity index (χ0v) is 10.5. The van der Waals surface area contributed by atoms with E-state index in [9.17, 15) is 13.6 Å². The number of hydrogen-bond acceptors (Lipinski definition) is 4. The van der Waals surface area contributed by atoms with E-state index in [0.29, 0.717) is 6.54 Å². The zero-order chi connectivity index (χ0) is 13.9. The number of benzene rings is 1. The molecular formula is C13H15F2NO3. The van der Waals surface area contributed by atoms with Gasteiger partial charge in [-0.25, -0.2) is 4.79 Å². The number of ether oxygens (including phenoxy) is 2. The van der Waals surface area contributed by atoms with Gasteiger partial charge in [0.15, 0.2) is 6.10 Å². The molecule has 1 aromatic carbocycles. The van der Waals surface area contributed by atoms with Crippen molar-refractivity contribution >= 4 is 5.97 Å². The Morgan fingerprint density at radius 3 is 2.79 bits per heavy atom. The smallest absolute Gasteiger partial charge is 0.369 e. The fourth-order valence-corrected chi connectivity index (χ4v) is 2.06. The van der Waals surface area contributed by atoms with Crippen molar-refractivity contribution in [3.63, 3.8) is 0 Å². The molecule has 1 saturated heterocycles. The Bertz CT molecular complexity index is 439. The van der Waals surface area contributed by atoms with E-state index >= 15 is 0 Å². The maximum atomic E-state index is 13.4. The first-order chi connectivity index (χ1) is 9.00. The van der Waals surface area contributed by atoms with Crippen LogP contribution in [0.2, 0.25) is 0 Å². The summed E-state index contributed by atoms with van der Waals surface area (Å²) in [5.74, 6) is -0.780. The van der Waals surface area contributed by atoms with Crippen molar-refractivity contribution in [2.24, 2.45) is 0 Å². The molecule has 0 aliphatic carbocycles. The van der Waals surface area contributed by atoms with Crippen LogP contribution in [0.25, 0.3) is 0 Å². The molecule has 0 N–H and O–H groups in total. The van der Waals surface area contributed by atoms with E-state index in [-0.39, 0.29) is 6.54 Å². The predicted molar refractivity (Wildman–Crippen MR) is 63.6 cm³/mol. The van der Waals surface area contributed by atoms with Crippen molar-refractivity contribution < 1.29 is 23.0 Å². The minimum absolute atomic E-state index is 0.0944. The van der Waals surface area contributed by atoms with Gasteiger partial charge < -0.3 is 9.47 Å². The lowest BCUT2D eigenvalue weighted by molar-refractivity contribution is -0.295. The van der Waals surface area contributed by atoms with Gasteiger partial charge in [-0.05, 0) is 5.56 Å². The Kier molecular flexibility index (Phi) is 4.11. The first kappa shape index (κ1) is 13.9. The number of hydrogen-bond donors (Lipinski definition) is 0. The van der Waals surface area contributed by atoms with Crippen LogP contribution in [0.15, 0.2) is 30.3 Å². The van der Waals surface area contributed by atoms with Gasteiger partial charge in [-0.1, -0.05) is 30.3 Å². The summed E-state index contributed by atoms with van der Waals surface area (Å²) in [4.78, 5) is 12.8. The topological polar surface area (TPSA) is 38.8 Å². The van der Waals surface area contributed by atoms with Gasteiger partial charge in [0.25, 0.3) is 0 Å². The molecule has 6 heteroatoms. The Morgan fingerprint density at radius 2 is 2.16 bits per heavy atom. The molecule has 1 aliphatic heterocycles. The number of carbonyl (C=O) groups is 1. The number of esters is 1. The second kappa shape index (κ2) is 5.63. The predicted octanol–water partition coefficient (Wildman–Crippen LogP) is 1.65. The molecule has 4 nitrogen and oxygen atoms in total. The van der Waals surface area contributed by atoms with Crippen LogP contribution >= 0.6 is 0 Å². The van der Waals surface area contributed by atoms with Crippen molar-refractivity contribution in [2.75, 3.05) is 20.2 Å². The van der Waals surface area contributed by atoms with Crippen LogP contribution in [0, 0.1) is 0 Å². The van der Waals surface area contributed by atoms with E-state index in [0.717, 1.165) is 12.7 Å². The molecule has 0 amide bonds. The van der Waals surface area contributed by atoms with Crippen LogP contribution < -0.4 is 0 Å². The molecule has 1 aliphatic rings. The summed E-state index contributed by atoms with van der Waals surface area (Å²) in [6, 6.07) is 9.23. The first-order valence-electron chi connectivity index (χ1n) is 5.90. The van der Waals surface area contributed by atoms with Gasteiger partial charge in [-0.3, -0.25) is 4.90 Å². The molecule has 1 unspecified atom stereocenters. The van der Waals surface area contributed by atoms with Crippen LogP contribution in [0.4, 0.5) is 8.78 Å². The Labute approximate surface area is 109 Å². The number of rotatable bonds is 3. The molecule has 0 radical (unpaired) electrons. The average Bonchev–Trinajstić information content (AvgIpc) is 2.37. The van der Waals surface area contributed by atoms with E-state index in [1.807, 2.05) is 30.3 Å². The molecule has 1 heterocycles. The number of halogens is 2. The average molecular weight is 271 g/mol. The van der Waals surface area contributed by atoms with Gasteiger partial charge in [-0.15, -0.1) is 0 Å². The molecule has 1 atom stereocenters. The summed E-state index contributed by atoms with van der Waals surface area (Å²) >= 11 is 0. The second-order valence-corrected chi connectivity index (χ2v) is 4.42. The summed E-state index contributed by atoms with van der Waals surface area (Å²) in [6.07, 6.45) is -4.59. The lowest BCUT2D eigenvalue weighted by Crippen LogP contribution is -2.53. The van der Waals surface area contributed by atoms with Gasteiger partial charge in [0.2, 0.25) is 0 Å². The molecule has 1 aromatic rings. The summed E-state index contributed by atoms with van der Waals surface area (Å²) < 4.78 is 35.8. The van der Waals surface area contributed by atoms with Gasteiger partial charge >= 0.3 is 12.1 Å². The standard InChI is InChI=1S/C13H15F2NO3/c1-18-12(17)11-8-16(9-13(14,15)19-11)7-10-5-3-2-4-6-10/h2-6,11H,7-9H2,1H3. The highest BCUT2D eigenvalue weighted by Gasteiger charge is 2.44. The Balaban J connectivity index is 2.06. The molecule has 0 aromatic heterocycles. The molecule has 0 saturated carbocycles. The summed E-state index contributed by atoms with van der Waals surface area (Å²) in [5, 5.41) is 0. The summed E-state index contributed by atoms with van der Waals surface area (Å²) in [5.41, 5.74) is 0.906. The van der Waals surface area contributed by atoms with Crippen LogP contribution in [0.5, 0.6) is 0 Å². The Morgan fingerprint density at radius 1 is 1.47 bits per heavy atom. The van der Waals surface area contributed by atoms with Crippen molar-refractivity contribution in [1.82, 2.24) is 4.90 Å². The van der Waals surface area contributed by atoms with E-state index in [2.05, 4.69) is 9.47 Å². The minimum atomic E-state index is -3.34. The lowest BCUT2D eigenvalue weighted by Gasteiger charge is -2.36. The van der Waals surface area contributed by atoms with Crippen molar-refractivity contribution in [1.29, 1.82) is 0 Å². The fourth-order valence-electron chi connectivity index (χ4n) is 2.06. The molecule has 1 fully saturated rings. The van der Waals surface area contributed by atoms with Gasteiger partial charge in [0, 0.05) is 13.1 Å². The van der Waals surface area contributed by atoms with Gasteiger partial charge in [-0.2, -0.15) is 8.78 Å². The third kappa shape index (κ3) is 3.71. The van der Waals surface area contributed by atoms with Crippen molar-refractivity contribution in [3.05, 3.63) is 35.9 Å². The summed E-state index contributed by atoms with van der Waals surface area (Å²) in [7, 11) is 1.15. The number of methoxy groups -OCH3 is 1. The number of alkyl halides is 2. The number of nitrogens with zero attached hydrogens (tertiary/aromatic N) is 1.